The second-order valence-electron chi connectivity index (χ2n) is 8.56. The van der Waals surface area contributed by atoms with Gasteiger partial charge in [0.1, 0.15) is 5.57 Å². The number of hydrogen-bond acceptors (Lipinski definition) is 4. The van der Waals surface area contributed by atoms with E-state index in [0.29, 0.717) is 5.69 Å². The topological polar surface area (TPSA) is 69.7 Å². The summed E-state index contributed by atoms with van der Waals surface area (Å²) in [4.78, 5) is 41.2. The molecule has 6 heteroatoms. The normalized spacial score (nSPS) is 19.3. The van der Waals surface area contributed by atoms with Crippen LogP contribution in [0.4, 0.5) is 16.2 Å². The number of carbonyl (C=O) groups is 3. The molecule has 0 saturated carbocycles. The Balaban J connectivity index is 1.79. The molecule has 0 radical (unpaired) electrons. The molecule has 31 heavy (non-hydrogen) atoms. The summed E-state index contributed by atoms with van der Waals surface area (Å²) in [6.45, 7) is 8.33. The van der Waals surface area contributed by atoms with Gasteiger partial charge in [-0.2, -0.15) is 0 Å². The van der Waals surface area contributed by atoms with Crippen LogP contribution in [0.1, 0.15) is 37.5 Å². The van der Waals surface area contributed by atoms with Gasteiger partial charge in [0, 0.05) is 18.3 Å². The molecular weight excluding hydrogens is 390 g/mol. The Bertz CT molecular complexity index is 1180. The van der Waals surface area contributed by atoms with Crippen molar-refractivity contribution in [3.63, 3.8) is 0 Å². The molecule has 0 bridgehead atoms. The maximum absolute atomic E-state index is 13.1. The number of aryl methyl sites for hydroxylation is 1. The minimum absolute atomic E-state index is 0.0716. The molecule has 0 unspecified atom stereocenters. The number of urea groups is 1. The van der Waals surface area contributed by atoms with Crippen molar-refractivity contribution in [1.82, 2.24) is 5.32 Å². The largest absolute Gasteiger partial charge is 0.365 e. The van der Waals surface area contributed by atoms with E-state index >= 15 is 0 Å². The third-order valence-electron chi connectivity index (χ3n) is 6.02. The van der Waals surface area contributed by atoms with Crippen LogP contribution in [0.25, 0.3) is 11.6 Å². The fourth-order valence-electron chi connectivity index (χ4n) is 4.10. The van der Waals surface area contributed by atoms with E-state index in [1.54, 1.807) is 36.4 Å². The highest BCUT2D eigenvalue weighted by Gasteiger charge is 2.37. The molecule has 2 aromatic carbocycles. The van der Waals surface area contributed by atoms with E-state index in [1.165, 1.54) is 0 Å². The van der Waals surface area contributed by atoms with E-state index in [-0.39, 0.29) is 11.1 Å². The van der Waals surface area contributed by atoms with Gasteiger partial charge in [-0.25, -0.2) is 9.69 Å². The highest BCUT2D eigenvalue weighted by molar-refractivity contribution is 6.39. The van der Waals surface area contributed by atoms with Crippen molar-refractivity contribution in [3.8, 4) is 0 Å². The third-order valence-corrected chi connectivity index (χ3v) is 6.02. The molecule has 4 amide bonds. The van der Waals surface area contributed by atoms with E-state index in [1.807, 2.05) is 13.0 Å². The molecule has 0 atom stereocenters. The number of barbiturate groups is 1. The number of hydrogen-bond donors (Lipinski definition) is 1. The van der Waals surface area contributed by atoms with Crippen molar-refractivity contribution < 1.29 is 14.4 Å². The lowest BCUT2D eigenvalue weighted by atomic mass is 9.87. The van der Waals surface area contributed by atoms with E-state index in [2.05, 4.69) is 50.2 Å². The Labute approximate surface area is 181 Å². The molecule has 0 spiro atoms. The van der Waals surface area contributed by atoms with Crippen LogP contribution in [0.3, 0.4) is 0 Å². The van der Waals surface area contributed by atoms with Crippen LogP contribution in [0, 0.1) is 6.92 Å². The quantitative estimate of drug-likeness (QED) is 0.587. The summed E-state index contributed by atoms with van der Waals surface area (Å²) >= 11 is 0. The van der Waals surface area contributed by atoms with E-state index in [9.17, 15) is 14.4 Å². The predicted molar refractivity (Wildman–Crippen MR) is 123 cm³/mol. The number of allylic oxidation sites excluding steroid dienone is 1. The second kappa shape index (κ2) is 7.23. The molecular formula is C25H25N3O3. The number of amides is 4. The van der Waals surface area contributed by atoms with Crippen LogP contribution in [0.5, 0.6) is 0 Å². The van der Waals surface area contributed by atoms with Gasteiger partial charge in [0.2, 0.25) is 0 Å². The maximum Gasteiger partial charge on any atom is 0.335 e. The van der Waals surface area contributed by atoms with Gasteiger partial charge in [0.25, 0.3) is 11.8 Å². The van der Waals surface area contributed by atoms with Crippen molar-refractivity contribution in [2.45, 2.75) is 33.2 Å². The van der Waals surface area contributed by atoms with Gasteiger partial charge >= 0.3 is 6.03 Å². The summed E-state index contributed by atoms with van der Waals surface area (Å²) in [5.74, 6) is -1.33. The van der Waals surface area contributed by atoms with Crippen molar-refractivity contribution in [2.24, 2.45) is 0 Å². The van der Waals surface area contributed by atoms with Gasteiger partial charge in [-0.05, 0) is 74.7 Å². The van der Waals surface area contributed by atoms with Crippen molar-refractivity contribution in [3.05, 3.63) is 70.8 Å². The first kappa shape index (κ1) is 20.6. The van der Waals surface area contributed by atoms with Crippen LogP contribution in [0.15, 0.2) is 54.1 Å². The molecule has 2 heterocycles. The van der Waals surface area contributed by atoms with Gasteiger partial charge in [-0.1, -0.05) is 24.3 Å². The van der Waals surface area contributed by atoms with Crippen LogP contribution in [-0.4, -0.2) is 30.4 Å². The average molecular weight is 415 g/mol. The van der Waals surface area contributed by atoms with E-state index < -0.39 is 17.8 Å². The second-order valence-corrected chi connectivity index (χ2v) is 8.56. The fourth-order valence-corrected chi connectivity index (χ4v) is 4.10. The molecule has 2 aliphatic rings. The number of rotatable bonds is 2. The molecule has 158 valence electrons. The number of benzene rings is 2. The Morgan fingerprint density at radius 1 is 1.00 bits per heavy atom. The van der Waals surface area contributed by atoms with Crippen molar-refractivity contribution in [2.75, 3.05) is 16.8 Å². The first-order valence-corrected chi connectivity index (χ1v) is 10.1. The monoisotopic (exact) mass is 415 g/mol. The molecule has 0 aliphatic carbocycles. The number of imide groups is 2. The molecule has 1 N–H and O–H groups in total. The highest BCUT2D eigenvalue weighted by Crippen LogP contribution is 2.39. The number of fused-ring (bicyclic) bond motifs is 1. The molecule has 1 fully saturated rings. The summed E-state index contributed by atoms with van der Waals surface area (Å²) in [6, 6.07) is 11.9. The Hall–Kier alpha value is -3.67. The maximum atomic E-state index is 13.1. The number of anilines is 2. The summed E-state index contributed by atoms with van der Waals surface area (Å²) in [6.07, 6.45) is 3.78. The van der Waals surface area contributed by atoms with Crippen LogP contribution >= 0.6 is 0 Å². The summed E-state index contributed by atoms with van der Waals surface area (Å²) < 4.78 is 0. The van der Waals surface area contributed by atoms with Gasteiger partial charge in [-0.3, -0.25) is 14.9 Å². The van der Waals surface area contributed by atoms with Gasteiger partial charge in [0.15, 0.2) is 0 Å². The smallest absolute Gasteiger partial charge is 0.335 e. The molecule has 6 nitrogen and oxygen atoms in total. The van der Waals surface area contributed by atoms with Crippen molar-refractivity contribution in [1.29, 1.82) is 0 Å². The molecule has 2 aliphatic heterocycles. The number of nitrogens with zero attached hydrogens (tertiary/aromatic N) is 2. The van der Waals surface area contributed by atoms with Crippen LogP contribution in [-0.2, 0) is 9.59 Å². The minimum Gasteiger partial charge on any atom is -0.365 e. The van der Waals surface area contributed by atoms with E-state index in [4.69, 9.17) is 0 Å². The lowest BCUT2D eigenvalue weighted by Crippen LogP contribution is -2.54. The summed E-state index contributed by atoms with van der Waals surface area (Å²) in [7, 11) is 2.06. The number of para-hydroxylation sites is 1. The highest BCUT2D eigenvalue weighted by atomic mass is 16.2. The van der Waals surface area contributed by atoms with Gasteiger partial charge in [0.05, 0.1) is 11.2 Å². The summed E-state index contributed by atoms with van der Waals surface area (Å²) in [5, 5.41) is 2.28. The Morgan fingerprint density at radius 3 is 2.35 bits per heavy atom. The van der Waals surface area contributed by atoms with Gasteiger partial charge in [-0.15, -0.1) is 0 Å². The first-order valence-electron chi connectivity index (χ1n) is 10.1. The molecule has 1 saturated heterocycles. The zero-order valence-corrected chi connectivity index (χ0v) is 18.3. The molecule has 4 rings (SSSR count). The average Bonchev–Trinajstić information content (AvgIpc) is 2.70. The Kier molecular flexibility index (Phi) is 4.81. The van der Waals surface area contributed by atoms with Gasteiger partial charge < -0.3 is 4.90 Å². The van der Waals surface area contributed by atoms with E-state index in [0.717, 1.165) is 32.9 Å². The molecule has 0 aromatic heterocycles. The lowest BCUT2D eigenvalue weighted by molar-refractivity contribution is -0.122. The van der Waals surface area contributed by atoms with Crippen LogP contribution < -0.4 is 15.1 Å². The first-order chi connectivity index (χ1) is 14.6. The number of carbonyl (C=O) groups excluding carboxylic acids is 3. The number of likely N-dealkylation sites (N-methyl/N-ethyl adjacent to an activating group) is 1. The zero-order valence-electron chi connectivity index (χ0n) is 18.3. The SMILES string of the molecule is CC1=CC(C)(C)N(C)c2cc(C)c(/C=C3\C(=O)NC(=O)N(c4ccccc4)C3=O)cc21. The predicted octanol–water partition coefficient (Wildman–Crippen LogP) is 4.29. The standard InChI is InChI=1S/C25H25N3O3/c1-15-11-21-19(16(2)14-25(3,4)27(21)5)12-17(15)13-20-22(29)26-24(31)28(23(20)30)18-9-7-6-8-10-18/h6-14H,1-5H3,(H,26,29,31)/b20-13+. The van der Waals surface area contributed by atoms with Crippen molar-refractivity contribution >= 4 is 40.9 Å². The zero-order chi connectivity index (χ0) is 22.5. The molecule has 2 aromatic rings. The fraction of sp³-hybridized carbons (Fsp3) is 0.240. The number of nitrogens with one attached hydrogen (secondary N) is 1. The summed E-state index contributed by atoms with van der Waals surface area (Å²) in [5.41, 5.74) is 5.22. The van der Waals surface area contributed by atoms with Crippen LogP contribution in [0.2, 0.25) is 0 Å². The lowest BCUT2D eigenvalue weighted by Gasteiger charge is -2.41. The third kappa shape index (κ3) is 3.44. The Morgan fingerprint density at radius 2 is 1.68 bits per heavy atom. The minimum atomic E-state index is -0.747.